The first kappa shape index (κ1) is 11.9. The molecule has 15 heavy (non-hydrogen) atoms. The summed E-state index contributed by atoms with van der Waals surface area (Å²) in [7, 11) is 0. The van der Waals surface area contributed by atoms with Crippen molar-refractivity contribution in [1.29, 1.82) is 0 Å². The van der Waals surface area contributed by atoms with E-state index in [0.29, 0.717) is 12.8 Å². The van der Waals surface area contributed by atoms with Crippen molar-refractivity contribution in [1.82, 2.24) is 0 Å². The van der Waals surface area contributed by atoms with E-state index in [1.807, 2.05) is 25.1 Å². The molecule has 1 unspecified atom stereocenters. The SMILES string of the molecule is CCC(O)C(=O)CCCc1ccccc1. The number of carbonyl (C=O) groups excluding carboxylic acids is 1. The molecule has 0 aliphatic rings. The fraction of sp³-hybridized carbons (Fsp3) is 0.462. The number of aryl methyl sites for hydroxylation is 1. The normalized spacial score (nSPS) is 12.4. The van der Waals surface area contributed by atoms with Crippen LogP contribution in [-0.2, 0) is 11.2 Å². The lowest BCUT2D eigenvalue weighted by atomic mass is 10.0. The van der Waals surface area contributed by atoms with Crippen molar-refractivity contribution >= 4 is 5.78 Å². The van der Waals surface area contributed by atoms with Gasteiger partial charge >= 0.3 is 0 Å². The van der Waals surface area contributed by atoms with Crippen LogP contribution in [0, 0.1) is 0 Å². The molecule has 0 heterocycles. The maximum Gasteiger partial charge on any atom is 0.161 e. The van der Waals surface area contributed by atoms with Crippen LogP contribution in [0.2, 0.25) is 0 Å². The Hall–Kier alpha value is -1.15. The van der Waals surface area contributed by atoms with Gasteiger partial charge in [-0.3, -0.25) is 4.79 Å². The minimum atomic E-state index is -0.763. The predicted octanol–water partition coefficient (Wildman–Crippen LogP) is 2.35. The monoisotopic (exact) mass is 206 g/mol. The lowest BCUT2D eigenvalue weighted by Gasteiger charge is -2.06. The van der Waals surface area contributed by atoms with E-state index in [0.717, 1.165) is 12.8 Å². The van der Waals surface area contributed by atoms with E-state index in [4.69, 9.17) is 0 Å². The Kier molecular flexibility index (Phi) is 5.05. The number of hydrogen-bond donors (Lipinski definition) is 1. The molecule has 1 rings (SSSR count). The van der Waals surface area contributed by atoms with Gasteiger partial charge in [0.25, 0.3) is 0 Å². The molecule has 0 fully saturated rings. The number of ketones is 1. The first-order valence-electron chi connectivity index (χ1n) is 5.48. The lowest BCUT2D eigenvalue weighted by molar-refractivity contribution is -0.127. The summed E-state index contributed by atoms with van der Waals surface area (Å²) in [6.07, 6.45) is 1.96. The quantitative estimate of drug-likeness (QED) is 0.775. The third-order valence-electron chi connectivity index (χ3n) is 2.49. The largest absolute Gasteiger partial charge is 0.385 e. The lowest BCUT2D eigenvalue weighted by Crippen LogP contribution is -2.18. The van der Waals surface area contributed by atoms with Crippen LogP contribution in [0.15, 0.2) is 30.3 Å². The number of carbonyl (C=O) groups is 1. The van der Waals surface area contributed by atoms with Gasteiger partial charge in [0.15, 0.2) is 5.78 Å². The maximum atomic E-state index is 11.3. The first-order valence-corrected chi connectivity index (χ1v) is 5.48. The van der Waals surface area contributed by atoms with Gasteiger partial charge in [0.1, 0.15) is 6.10 Å². The fourth-order valence-corrected chi connectivity index (χ4v) is 1.51. The van der Waals surface area contributed by atoms with Gasteiger partial charge in [0.2, 0.25) is 0 Å². The second kappa shape index (κ2) is 6.36. The molecule has 0 aromatic heterocycles. The van der Waals surface area contributed by atoms with Crippen molar-refractivity contribution in [3.8, 4) is 0 Å². The minimum Gasteiger partial charge on any atom is -0.385 e. The van der Waals surface area contributed by atoms with Crippen molar-refractivity contribution in [3.63, 3.8) is 0 Å². The molecule has 0 spiro atoms. The summed E-state index contributed by atoms with van der Waals surface area (Å²) in [5.74, 6) is -0.0339. The molecule has 2 nitrogen and oxygen atoms in total. The molecular formula is C13H18O2. The van der Waals surface area contributed by atoms with Gasteiger partial charge in [0, 0.05) is 6.42 Å². The first-order chi connectivity index (χ1) is 7.24. The Labute approximate surface area is 90.9 Å². The third kappa shape index (κ3) is 4.26. The van der Waals surface area contributed by atoms with E-state index >= 15 is 0 Å². The standard InChI is InChI=1S/C13H18O2/c1-2-12(14)13(15)10-6-9-11-7-4-3-5-8-11/h3-5,7-8,12,14H,2,6,9-10H2,1H3. The maximum absolute atomic E-state index is 11.3. The van der Waals surface area contributed by atoms with Gasteiger partial charge in [-0.05, 0) is 24.8 Å². The molecule has 0 aliphatic heterocycles. The van der Waals surface area contributed by atoms with E-state index in [-0.39, 0.29) is 5.78 Å². The summed E-state index contributed by atoms with van der Waals surface area (Å²) >= 11 is 0. The summed E-state index contributed by atoms with van der Waals surface area (Å²) in [6, 6.07) is 10.1. The van der Waals surface area contributed by atoms with Crippen molar-refractivity contribution < 1.29 is 9.90 Å². The van der Waals surface area contributed by atoms with Crippen molar-refractivity contribution in [2.45, 2.75) is 38.7 Å². The van der Waals surface area contributed by atoms with Gasteiger partial charge in [-0.2, -0.15) is 0 Å². The van der Waals surface area contributed by atoms with E-state index in [1.165, 1.54) is 5.56 Å². The Bertz CT molecular complexity index is 293. The molecular weight excluding hydrogens is 188 g/mol. The fourth-order valence-electron chi connectivity index (χ4n) is 1.51. The molecule has 0 aliphatic carbocycles. The highest BCUT2D eigenvalue weighted by Gasteiger charge is 2.11. The van der Waals surface area contributed by atoms with Crippen LogP contribution in [0.25, 0.3) is 0 Å². The highest BCUT2D eigenvalue weighted by Crippen LogP contribution is 2.06. The third-order valence-corrected chi connectivity index (χ3v) is 2.49. The average molecular weight is 206 g/mol. The van der Waals surface area contributed by atoms with E-state index in [9.17, 15) is 9.90 Å². The Morgan fingerprint density at radius 3 is 2.60 bits per heavy atom. The van der Waals surface area contributed by atoms with Crippen LogP contribution < -0.4 is 0 Å². The zero-order chi connectivity index (χ0) is 11.1. The Morgan fingerprint density at radius 2 is 2.00 bits per heavy atom. The van der Waals surface area contributed by atoms with Crippen LogP contribution in [0.5, 0.6) is 0 Å². The molecule has 0 saturated carbocycles. The molecule has 0 radical (unpaired) electrons. The van der Waals surface area contributed by atoms with Gasteiger partial charge in [-0.25, -0.2) is 0 Å². The number of rotatable bonds is 6. The van der Waals surface area contributed by atoms with E-state index in [2.05, 4.69) is 12.1 Å². The van der Waals surface area contributed by atoms with E-state index in [1.54, 1.807) is 0 Å². The summed E-state index contributed by atoms with van der Waals surface area (Å²) < 4.78 is 0. The zero-order valence-corrected chi connectivity index (χ0v) is 9.15. The van der Waals surface area contributed by atoms with Crippen molar-refractivity contribution in [3.05, 3.63) is 35.9 Å². The summed E-state index contributed by atoms with van der Waals surface area (Å²) in [5, 5.41) is 9.27. The Balaban J connectivity index is 2.25. The van der Waals surface area contributed by atoms with Crippen molar-refractivity contribution in [2.75, 3.05) is 0 Å². The minimum absolute atomic E-state index is 0.0339. The summed E-state index contributed by atoms with van der Waals surface area (Å²) in [4.78, 5) is 11.3. The highest BCUT2D eigenvalue weighted by molar-refractivity contribution is 5.82. The molecule has 1 aromatic carbocycles. The zero-order valence-electron chi connectivity index (χ0n) is 9.15. The topological polar surface area (TPSA) is 37.3 Å². The molecule has 0 bridgehead atoms. The number of benzene rings is 1. The van der Waals surface area contributed by atoms with Crippen LogP contribution in [0.1, 0.15) is 31.7 Å². The molecule has 0 saturated heterocycles. The molecule has 82 valence electrons. The molecule has 0 amide bonds. The van der Waals surface area contributed by atoms with Crippen LogP contribution in [0.3, 0.4) is 0 Å². The van der Waals surface area contributed by atoms with Crippen LogP contribution in [-0.4, -0.2) is 17.0 Å². The average Bonchev–Trinajstić information content (AvgIpc) is 2.29. The van der Waals surface area contributed by atoms with Crippen LogP contribution >= 0.6 is 0 Å². The van der Waals surface area contributed by atoms with Crippen LogP contribution in [0.4, 0.5) is 0 Å². The van der Waals surface area contributed by atoms with E-state index < -0.39 is 6.10 Å². The smallest absolute Gasteiger partial charge is 0.161 e. The number of Topliss-reactive ketones (excluding diaryl/α,β-unsaturated/α-hetero) is 1. The van der Waals surface area contributed by atoms with Gasteiger partial charge < -0.3 is 5.11 Å². The molecule has 1 aromatic rings. The summed E-state index contributed by atoms with van der Waals surface area (Å²) in [6.45, 7) is 1.82. The van der Waals surface area contributed by atoms with Crippen molar-refractivity contribution in [2.24, 2.45) is 0 Å². The number of aliphatic hydroxyl groups is 1. The summed E-state index contributed by atoms with van der Waals surface area (Å²) in [5.41, 5.74) is 1.25. The highest BCUT2D eigenvalue weighted by atomic mass is 16.3. The number of aliphatic hydroxyl groups excluding tert-OH is 1. The van der Waals surface area contributed by atoms with Gasteiger partial charge in [0.05, 0.1) is 0 Å². The Morgan fingerprint density at radius 1 is 1.33 bits per heavy atom. The molecule has 2 heteroatoms. The second-order valence-corrected chi connectivity index (χ2v) is 3.73. The number of hydrogen-bond acceptors (Lipinski definition) is 2. The van der Waals surface area contributed by atoms with Gasteiger partial charge in [-0.15, -0.1) is 0 Å². The van der Waals surface area contributed by atoms with Gasteiger partial charge in [-0.1, -0.05) is 37.3 Å². The predicted molar refractivity (Wildman–Crippen MR) is 60.7 cm³/mol. The molecule has 1 N–H and O–H groups in total. The molecule has 1 atom stereocenters. The second-order valence-electron chi connectivity index (χ2n) is 3.73.